The van der Waals surface area contributed by atoms with Gasteiger partial charge in [-0.25, -0.2) is 4.98 Å². The van der Waals surface area contributed by atoms with Crippen molar-refractivity contribution in [3.8, 4) is 5.75 Å². The molecule has 0 saturated carbocycles. The van der Waals surface area contributed by atoms with E-state index in [1.54, 1.807) is 17.5 Å². The van der Waals surface area contributed by atoms with Gasteiger partial charge in [0.15, 0.2) is 5.82 Å². The van der Waals surface area contributed by atoms with Crippen molar-refractivity contribution < 1.29 is 4.74 Å². The number of nitrogens with zero attached hydrogens (tertiary/aromatic N) is 5. The van der Waals surface area contributed by atoms with Crippen LogP contribution in [0.4, 0.5) is 10.9 Å². The highest BCUT2D eigenvalue weighted by Crippen LogP contribution is 2.37. The molecular formula is C23H28N6OS. The molecule has 0 bridgehead atoms. The van der Waals surface area contributed by atoms with Crippen molar-refractivity contribution in [2.45, 2.75) is 64.6 Å². The smallest absolute Gasteiger partial charge is 0.211 e. The second-order valence-electron chi connectivity index (χ2n) is 8.92. The Morgan fingerprint density at radius 3 is 3.00 bits per heavy atom. The topological polar surface area (TPSA) is 76.1 Å². The Labute approximate surface area is 186 Å². The van der Waals surface area contributed by atoms with Crippen LogP contribution in [0.5, 0.6) is 5.75 Å². The molecule has 1 aromatic carbocycles. The van der Waals surface area contributed by atoms with E-state index in [4.69, 9.17) is 9.72 Å². The van der Waals surface area contributed by atoms with Crippen molar-refractivity contribution in [3.05, 3.63) is 52.4 Å². The van der Waals surface area contributed by atoms with Crippen molar-refractivity contribution >= 4 is 22.3 Å². The highest BCUT2D eigenvalue weighted by Gasteiger charge is 2.31. The third kappa shape index (κ3) is 4.41. The fraction of sp³-hybridized carbons (Fsp3) is 0.478. The molecule has 2 aliphatic heterocycles. The Hall–Kier alpha value is -2.58. The Bertz CT molecular complexity index is 1080. The van der Waals surface area contributed by atoms with Crippen LogP contribution >= 0.6 is 11.3 Å². The molecule has 8 heteroatoms. The molecule has 3 aromatic rings. The lowest BCUT2D eigenvalue weighted by atomic mass is 10.00. The molecule has 0 unspecified atom stereocenters. The van der Waals surface area contributed by atoms with Gasteiger partial charge in [-0.3, -0.25) is 9.88 Å². The minimum Gasteiger partial charge on any atom is -0.487 e. The molecule has 1 atom stereocenters. The number of ether oxygens (including phenoxy) is 1. The average molecular weight is 437 g/mol. The second kappa shape index (κ2) is 8.16. The normalized spacial score (nSPS) is 19.9. The molecule has 4 heterocycles. The van der Waals surface area contributed by atoms with Gasteiger partial charge in [-0.15, -0.1) is 10.2 Å². The Balaban J connectivity index is 1.31. The van der Waals surface area contributed by atoms with Crippen LogP contribution in [0.1, 0.15) is 61.5 Å². The van der Waals surface area contributed by atoms with Crippen molar-refractivity contribution in [1.82, 2.24) is 25.1 Å². The van der Waals surface area contributed by atoms with Crippen LogP contribution in [-0.2, 0) is 19.4 Å². The van der Waals surface area contributed by atoms with Crippen LogP contribution in [-0.4, -0.2) is 37.2 Å². The minimum atomic E-state index is -0.106. The van der Waals surface area contributed by atoms with Gasteiger partial charge in [-0.2, -0.15) is 0 Å². The number of nitrogens with one attached hydrogen (secondary N) is 1. The predicted molar refractivity (Wildman–Crippen MR) is 122 cm³/mol. The maximum absolute atomic E-state index is 6.03. The predicted octanol–water partition coefficient (Wildman–Crippen LogP) is 4.68. The molecule has 5 rings (SSSR count). The van der Waals surface area contributed by atoms with Gasteiger partial charge in [0.1, 0.15) is 16.4 Å². The van der Waals surface area contributed by atoms with Crippen LogP contribution in [0.3, 0.4) is 0 Å². The number of aromatic nitrogens is 4. The van der Waals surface area contributed by atoms with Crippen molar-refractivity contribution in [3.63, 3.8) is 0 Å². The molecule has 162 valence electrons. The summed E-state index contributed by atoms with van der Waals surface area (Å²) in [7, 11) is 0. The molecule has 1 fully saturated rings. The average Bonchev–Trinajstić information content (AvgIpc) is 3.45. The van der Waals surface area contributed by atoms with Gasteiger partial charge in [0, 0.05) is 13.0 Å². The molecule has 0 amide bonds. The third-order valence-corrected chi connectivity index (χ3v) is 6.86. The monoisotopic (exact) mass is 436 g/mol. The Morgan fingerprint density at radius 2 is 2.16 bits per heavy atom. The van der Waals surface area contributed by atoms with Gasteiger partial charge in [0.25, 0.3) is 0 Å². The van der Waals surface area contributed by atoms with Gasteiger partial charge in [0.2, 0.25) is 5.13 Å². The quantitative estimate of drug-likeness (QED) is 0.601. The zero-order valence-electron chi connectivity index (χ0n) is 18.3. The first kappa shape index (κ1) is 20.3. The Kier molecular flexibility index (Phi) is 5.35. The summed E-state index contributed by atoms with van der Waals surface area (Å²) in [5.41, 5.74) is 3.54. The van der Waals surface area contributed by atoms with Crippen molar-refractivity contribution in [2.75, 3.05) is 11.9 Å². The molecule has 1 saturated heterocycles. The number of anilines is 2. The molecule has 2 aliphatic rings. The van der Waals surface area contributed by atoms with E-state index in [0.717, 1.165) is 59.8 Å². The molecule has 7 nitrogen and oxygen atoms in total. The standard InChI is InChI=1S/C23H28N6OS/c1-4-21-27-28-22(31-21)26-20-13-24-12-17(25-20)18-6-5-9-29(18)14-15-7-8-19-16(10-15)11-23(2,3)30-19/h7-8,10,12-13,18H,4-6,9,11,14H2,1-3H3,(H,25,26,28)/t18-/m1/s1. The maximum atomic E-state index is 6.03. The summed E-state index contributed by atoms with van der Waals surface area (Å²) in [4.78, 5) is 11.8. The fourth-order valence-electron chi connectivity index (χ4n) is 4.50. The van der Waals surface area contributed by atoms with Gasteiger partial charge >= 0.3 is 0 Å². The number of hydrogen-bond donors (Lipinski definition) is 1. The van der Waals surface area contributed by atoms with Gasteiger partial charge in [-0.1, -0.05) is 30.4 Å². The molecule has 1 N–H and O–H groups in total. The van der Waals surface area contributed by atoms with Crippen LogP contribution in [0.2, 0.25) is 0 Å². The van der Waals surface area contributed by atoms with Crippen LogP contribution in [0, 0.1) is 0 Å². The molecule has 0 spiro atoms. The van der Waals surface area contributed by atoms with Crippen molar-refractivity contribution in [1.29, 1.82) is 0 Å². The number of benzene rings is 1. The summed E-state index contributed by atoms with van der Waals surface area (Å²) in [6.45, 7) is 8.35. The number of fused-ring (bicyclic) bond motifs is 1. The van der Waals surface area contributed by atoms with E-state index in [-0.39, 0.29) is 11.6 Å². The van der Waals surface area contributed by atoms with Crippen LogP contribution < -0.4 is 10.1 Å². The lowest BCUT2D eigenvalue weighted by molar-refractivity contribution is 0.138. The second-order valence-corrected chi connectivity index (χ2v) is 9.98. The van der Waals surface area contributed by atoms with E-state index in [1.807, 2.05) is 6.20 Å². The van der Waals surface area contributed by atoms with E-state index in [9.17, 15) is 0 Å². The first-order valence-corrected chi connectivity index (χ1v) is 11.8. The van der Waals surface area contributed by atoms with Crippen LogP contribution in [0.25, 0.3) is 0 Å². The number of hydrogen-bond acceptors (Lipinski definition) is 8. The molecule has 0 radical (unpaired) electrons. The molecule has 0 aliphatic carbocycles. The molecule has 2 aromatic heterocycles. The van der Waals surface area contributed by atoms with E-state index in [1.165, 1.54) is 17.5 Å². The van der Waals surface area contributed by atoms with E-state index >= 15 is 0 Å². The van der Waals surface area contributed by atoms with Crippen LogP contribution in [0.15, 0.2) is 30.6 Å². The fourth-order valence-corrected chi connectivity index (χ4v) is 5.19. The minimum absolute atomic E-state index is 0.106. The summed E-state index contributed by atoms with van der Waals surface area (Å²) in [6, 6.07) is 6.90. The largest absolute Gasteiger partial charge is 0.487 e. The third-order valence-electron chi connectivity index (χ3n) is 5.88. The summed E-state index contributed by atoms with van der Waals surface area (Å²) >= 11 is 1.56. The van der Waals surface area contributed by atoms with E-state index in [2.05, 4.69) is 64.4 Å². The zero-order valence-corrected chi connectivity index (χ0v) is 19.1. The SMILES string of the molecule is CCc1nnc(Nc2cncc([C@H]3CCCN3Cc3ccc4c(c3)CC(C)(C)O4)n2)s1. The first-order chi connectivity index (χ1) is 15.0. The van der Waals surface area contributed by atoms with Gasteiger partial charge in [0.05, 0.1) is 24.1 Å². The number of aryl methyl sites for hydroxylation is 1. The lowest BCUT2D eigenvalue weighted by Gasteiger charge is -2.24. The summed E-state index contributed by atoms with van der Waals surface area (Å²) in [6.07, 6.45) is 7.75. The van der Waals surface area contributed by atoms with E-state index in [0.29, 0.717) is 0 Å². The highest BCUT2D eigenvalue weighted by atomic mass is 32.1. The summed E-state index contributed by atoms with van der Waals surface area (Å²) in [5.74, 6) is 1.75. The molecule has 31 heavy (non-hydrogen) atoms. The van der Waals surface area contributed by atoms with Gasteiger partial charge < -0.3 is 10.1 Å². The maximum Gasteiger partial charge on any atom is 0.211 e. The number of likely N-dealkylation sites (tertiary alicyclic amines) is 1. The summed E-state index contributed by atoms with van der Waals surface area (Å²) < 4.78 is 6.03. The Morgan fingerprint density at radius 1 is 1.26 bits per heavy atom. The van der Waals surface area contributed by atoms with Gasteiger partial charge in [-0.05, 0) is 56.8 Å². The zero-order chi connectivity index (χ0) is 21.4. The first-order valence-electron chi connectivity index (χ1n) is 11.0. The molecular weight excluding hydrogens is 408 g/mol. The highest BCUT2D eigenvalue weighted by molar-refractivity contribution is 7.15. The van der Waals surface area contributed by atoms with Crippen molar-refractivity contribution in [2.24, 2.45) is 0 Å². The summed E-state index contributed by atoms with van der Waals surface area (Å²) in [5, 5.41) is 13.4. The lowest BCUT2D eigenvalue weighted by Crippen LogP contribution is -2.24. The number of rotatable bonds is 6. The van der Waals surface area contributed by atoms with E-state index < -0.39 is 0 Å².